The van der Waals surface area contributed by atoms with Crippen LogP contribution in [0.3, 0.4) is 0 Å². The molecule has 1 aromatic heterocycles. The van der Waals surface area contributed by atoms with E-state index in [1.54, 1.807) is 0 Å². The highest BCUT2D eigenvalue weighted by Crippen LogP contribution is 2.62. The molecule has 4 nitrogen and oxygen atoms in total. The third-order valence-corrected chi connectivity index (χ3v) is 16.1. The molecule has 0 N–H and O–H groups in total. The first kappa shape index (κ1) is 36.1. The van der Waals surface area contributed by atoms with Crippen molar-refractivity contribution in [3.63, 3.8) is 0 Å². The Morgan fingerprint density at radius 3 is 1.22 bits per heavy atom. The molecule has 0 atom stereocenters. The molecule has 0 amide bonds. The Balaban J connectivity index is 1.06. The molecule has 10 rings (SSSR count). The predicted octanol–water partition coefficient (Wildman–Crippen LogP) is 12.1. The van der Waals surface area contributed by atoms with Gasteiger partial charge in [-0.15, -0.1) is 0 Å². The number of aromatic nitrogens is 3. The summed E-state index contributed by atoms with van der Waals surface area (Å²) in [5.41, 5.74) is 12.2. The van der Waals surface area contributed by atoms with Crippen LogP contribution in [0.25, 0.3) is 56.4 Å². The largest absolute Gasteiger partial charge is 0.457 e. The first-order valence-electron chi connectivity index (χ1n) is 20.2. The molecule has 0 unspecified atom stereocenters. The molecule has 1 aliphatic carbocycles. The van der Waals surface area contributed by atoms with E-state index in [9.17, 15) is 0 Å². The fourth-order valence-corrected chi connectivity index (χ4v) is 11.2. The smallest absolute Gasteiger partial charge is 0.164 e. The van der Waals surface area contributed by atoms with Crippen LogP contribution in [0.4, 0.5) is 0 Å². The number of fused-ring (bicyclic) bond motifs is 9. The van der Waals surface area contributed by atoms with Gasteiger partial charge in [-0.1, -0.05) is 195 Å². The average Bonchev–Trinajstić information content (AvgIpc) is 3.53. The van der Waals surface area contributed by atoms with Crippen LogP contribution in [-0.4, -0.2) is 31.1 Å². The zero-order valence-electron chi connectivity index (χ0n) is 33.8. The number of rotatable bonds is 6. The number of hydrogen-bond donors (Lipinski definition) is 0. The minimum absolute atomic E-state index is 0.474. The van der Waals surface area contributed by atoms with Crippen LogP contribution < -0.4 is 15.1 Å². The summed E-state index contributed by atoms with van der Waals surface area (Å²) in [6.45, 7) is 14.2. The van der Waals surface area contributed by atoms with E-state index in [1.165, 1.54) is 43.8 Å². The summed E-state index contributed by atoms with van der Waals surface area (Å²) in [4.78, 5) is 15.2. The fourth-order valence-electron chi connectivity index (χ4n) is 8.85. The van der Waals surface area contributed by atoms with Crippen molar-refractivity contribution in [2.75, 3.05) is 0 Å². The second kappa shape index (κ2) is 13.4. The van der Waals surface area contributed by atoms with E-state index in [0.717, 1.165) is 39.3 Å². The first-order chi connectivity index (χ1) is 28.0. The second-order valence-electron chi connectivity index (χ2n) is 17.7. The lowest BCUT2D eigenvalue weighted by Crippen LogP contribution is -2.37. The number of nitrogens with zero attached hydrogens (tertiary/aromatic N) is 3. The molecule has 0 saturated heterocycles. The van der Waals surface area contributed by atoms with Crippen LogP contribution in [0, 0.1) is 0 Å². The molecule has 1 aliphatic heterocycles. The second-order valence-corrected chi connectivity index (χ2v) is 27.8. The maximum atomic E-state index is 6.52. The van der Waals surface area contributed by atoms with Crippen molar-refractivity contribution in [3.8, 4) is 67.9 Å². The standard InChI is InChI=1S/C52H45N3OSi2/c1-57(2,3)39-28-23-36(24-29-39)50-53-49(54-51(55-50)37-25-30-40(31-26-37)58(4,5)6)35-21-19-34(20-22-35)38-27-32-44-42(33-38)41-13-7-8-14-43(41)52(44)45-15-9-11-17-47(45)56-48-18-12-10-16-46(48)52/h7-33H,1-6H3. The van der Waals surface area contributed by atoms with Crippen LogP contribution in [0.1, 0.15) is 22.3 Å². The van der Waals surface area contributed by atoms with Crippen LogP contribution in [0.2, 0.25) is 39.3 Å². The maximum Gasteiger partial charge on any atom is 0.164 e. The molecular weight excluding hydrogens is 739 g/mol. The summed E-state index contributed by atoms with van der Waals surface area (Å²) in [5.74, 6) is 3.84. The van der Waals surface area contributed by atoms with Crippen molar-refractivity contribution < 1.29 is 4.74 Å². The number of para-hydroxylation sites is 2. The molecular formula is C52H45N3OSi2. The van der Waals surface area contributed by atoms with Gasteiger partial charge in [0.2, 0.25) is 0 Å². The van der Waals surface area contributed by atoms with Gasteiger partial charge in [0.25, 0.3) is 0 Å². The molecule has 1 spiro atoms. The molecule has 282 valence electrons. The van der Waals surface area contributed by atoms with E-state index in [2.05, 4.69) is 203 Å². The number of benzene rings is 7. The lowest BCUT2D eigenvalue weighted by atomic mass is 9.66. The summed E-state index contributed by atoms with van der Waals surface area (Å²) in [6.07, 6.45) is 0. The summed E-state index contributed by atoms with van der Waals surface area (Å²) >= 11 is 0. The quantitative estimate of drug-likeness (QED) is 0.158. The average molecular weight is 784 g/mol. The highest BCUT2D eigenvalue weighted by molar-refractivity contribution is 6.89. The van der Waals surface area contributed by atoms with Gasteiger partial charge >= 0.3 is 0 Å². The Hall–Kier alpha value is -6.22. The highest BCUT2D eigenvalue weighted by atomic mass is 28.3. The predicted molar refractivity (Wildman–Crippen MR) is 245 cm³/mol. The van der Waals surface area contributed by atoms with Gasteiger partial charge in [-0.05, 0) is 51.6 Å². The third-order valence-electron chi connectivity index (χ3n) is 12.0. The van der Waals surface area contributed by atoms with Crippen molar-refractivity contribution in [3.05, 3.63) is 186 Å². The van der Waals surface area contributed by atoms with Gasteiger partial charge in [0.15, 0.2) is 17.5 Å². The zero-order valence-corrected chi connectivity index (χ0v) is 35.8. The molecule has 0 bridgehead atoms. The first-order valence-corrected chi connectivity index (χ1v) is 27.2. The SMILES string of the molecule is C[Si](C)(C)c1ccc(-c2nc(-c3ccc(-c4ccc5c(c4)-c4ccccc4C54c5ccccc5Oc5ccccc54)cc3)nc(-c3ccc([Si](C)(C)C)cc3)n2)cc1. The number of ether oxygens (including phenoxy) is 1. The lowest BCUT2D eigenvalue weighted by Gasteiger charge is -2.39. The van der Waals surface area contributed by atoms with Crippen LogP contribution in [-0.2, 0) is 5.41 Å². The van der Waals surface area contributed by atoms with Gasteiger partial charge in [0.1, 0.15) is 11.5 Å². The monoisotopic (exact) mass is 783 g/mol. The van der Waals surface area contributed by atoms with Crippen molar-refractivity contribution in [1.82, 2.24) is 15.0 Å². The summed E-state index contributed by atoms with van der Waals surface area (Å²) in [7, 11) is -2.91. The molecule has 0 radical (unpaired) electrons. The summed E-state index contributed by atoms with van der Waals surface area (Å²) in [5, 5.41) is 2.83. The van der Waals surface area contributed by atoms with Crippen molar-refractivity contribution >= 4 is 26.5 Å². The topological polar surface area (TPSA) is 47.9 Å². The molecule has 6 heteroatoms. The van der Waals surface area contributed by atoms with Crippen molar-refractivity contribution in [2.45, 2.75) is 44.7 Å². The molecule has 2 heterocycles. The van der Waals surface area contributed by atoms with Crippen LogP contribution in [0.15, 0.2) is 164 Å². The zero-order chi connectivity index (χ0) is 39.8. The molecule has 7 aromatic carbocycles. The van der Waals surface area contributed by atoms with Gasteiger partial charge in [-0.2, -0.15) is 0 Å². The van der Waals surface area contributed by atoms with E-state index in [-0.39, 0.29) is 0 Å². The molecule has 2 aliphatic rings. The Labute approximate surface area is 343 Å². The fraction of sp³-hybridized carbons (Fsp3) is 0.135. The Morgan fingerprint density at radius 1 is 0.362 bits per heavy atom. The van der Waals surface area contributed by atoms with E-state index < -0.39 is 21.6 Å². The van der Waals surface area contributed by atoms with Crippen molar-refractivity contribution in [2.24, 2.45) is 0 Å². The Morgan fingerprint density at radius 2 is 0.741 bits per heavy atom. The molecule has 0 saturated carbocycles. The molecule has 0 fully saturated rings. The van der Waals surface area contributed by atoms with Crippen LogP contribution >= 0.6 is 0 Å². The Bertz CT molecular complexity index is 2750. The normalized spacial score (nSPS) is 13.6. The van der Waals surface area contributed by atoms with Gasteiger partial charge in [-0.25, -0.2) is 15.0 Å². The van der Waals surface area contributed by atoms with Crippen molar-refractivity contribution in [1.29, 1.82) is 0 Å². The lowest BCUT2D eigenvalue weighted by molar-refractivity contribution is 0.436. The summed E-state index contributed by atoms with van der Waals surface area (Å²) < 4.78 is 6.52. The van der Waals surface area contributed by atoms with Gasteiger partial charge < -0.3 is 4.74 Å². The van der Waals surface area contributed by atoms with Gasteiger partial charge in [0.05, 0.1) is 21.6 Å². The number of hydrogen-bond acceptors (Lipinski definition) is 4. The van der Waals surface area contributed by atoms with E-state index >= 15 is 0 Å². The third kappa shape index (κ3) is 5.89. The minimum atomic E-state index is -1.46. The van der Waals surface area contributed by atoms with E-state index in [4.69, 9.17) is 19.7 Å². The maximum absolute atomic E-state index is 6.52. The minimum Gasteiger partial charge on any atom is -0.457 e. The molecule has 8 aromatic rings. The van der Waals surface area contributed by atoms with E-state index in [0.29, 0.717) is 17.5 Å². The highest BCUT2D eigenvalue weighted by Gasteiger charge is 2.50. The summed E-state index contributed by atoms with van der Waals surface area (Å²) in [6, 6.07) is 59.2. The van der Waals surface area contributed by atoms with Gasteiger partial charge in [-0.3, -0.25) is 0 Å². The van der Waals surface area contributed by atoms with Gasteiger partial charge in [0, 0.05) is 27.8 Å². The van der Waals surface area contributed by atoms with E-state index in [1.807, 2.05) is 0 Å². The Kier molecular flexibility index (Phi) is 8.37. The van der Waals surface area contributed by atoms with Crippen LogP contribution in [0.5, 0.6) is 11.5 Å². The molecule has 58 heavy (non-hydrogen) atoms.